The highest BCUT2D eigenvalue weighted by molar-refractivity contribution is 5.46. The van der Waals surface area contributed by atoms with E-state index >= 15 is 0 Å². The number of para-hydroxylation sites is 1. The van der Waals surface area contributed by atoms with Crippen LogP contribution in [0, 0.1) is 0 Å². The van der Waals surface area contributed by atoms with E-state index in [-0.39, 0.29) is 6.61 Å². The molecule has 0 saturated carbocycles. The van der Waals surface area contributed by atoms with Crippen molar-refractivity contribution in [2.75, 3.05) is 18.9 Å². The number of hydrogen-bond donors (Lipinski definition) is 2. The largest absolute Gasteiger partial charge is 0.398 e. The highest BCUT2D eigenvalue weighted by atomic mass is 16.2. The molecule has 96 valence electrons. The van der Waals surface area contributed by atoms with E-state index in [1.54, 1.807) is 0 Å². The van der Waals surface area contributed by atoms with Crippen molar-refractivity contribution >= 4 is 5.69 Å². The average molecular weight is 236 g/mol. The van der Waals surface area contributed by atoms with Crippen LogP contribution < -0.4 is 5.73 Å². The van der Waals surface area contributed by atoms with E-state index < -0.39 is 0 Å². The molecular formula is C14H24N2O. The van der Waals surface area contributed by atoms with Gasteiger partial charge in [-0.25, -0.2) is 0 Å². The molecule has 0 aliphatic carbocycles. The van der Waals surface area contributed by atoms with Crippen molar-refractivity contribution in [3.63, 3.8) is 0 Å². The second-order valence-electron chi connectivity index (χ2n) is 4.69. The molecule has 17 heavy (non-hydrogen) atoms. The number of unbranched alkanes of at least 4 members (excludes halogenated alkanes) is 1. The standard InChI is InChI=1S/C14H24N2O/c1-12(2)16(9-5-6-10-17)11-13-7-3-4-8-14(13)15/h3-4,7-8,12,17H,5-6,9-11,15H2,1-2H3. The third-order valence-corrected chi connectivity index (χ3v) is 3.01. The normalized spacial score (nSPS) is 11.4. The SMILES string of the molecule is CC(C)N(CCCCO)Cc1ccccc1N. The topological polar surface area (TPSA) is 49.5 Å². The molecule has 1 aromatic carbocycles. The molecule has 3 nitrogen and oxygen atoms in total. The van der Waals surface area contributed by atoms with Crippen molar-refractivity contribution in [2.45, 2.75) is 39.3 Å². The molecule has 0 aliphatic rings. The molecule has 3 heteroatoms. The first-order chi connectivity index (χ1) is 8.15. The number of rotatable bonds is 7. The maximum Gasteiger partial charge on any atom is 0.0431 e. The van der Waals surface area contributed by atoms with Gasteiger partial charge in [0.25, 0.3) is 0 Å². The Morgan fingerprint density at radius 1 is 1.24 bits per heavy atom. The van der Waals surface area contributed by atoms with E-state index in [2.05, 4.69) is 24.8 Å². The average Bonchev–Trinajstić information content (AvgIpc) is 2.30. The minimum absolute atomic E-state index is 0.277. The molecule has 1 aromatic rings. The highest BCUT2D eigenvalue weighted by Gasteiger charge is 2.10. The number of nitrogens with two attached hydrogens (primary N) is 1. The zero-order chi connectivity index (χ0) is 12.7. The summed E-state index contributed by atoms with van der Waals surface area (Å²) in [5.74, 6) is 0. The second-order valence-corrected chi connectivity index (χ2v) is 4.69. The lowest BCUT2D eigenvalue weighted by Crippen LogP contribution is -2.31. The first kappa shape index (κ1) is 14.0. The van der Waals surface area contributed by atoms with Crippen LogP contribution in [0.2, 0.25) is 0 Å². The van der Waals surface area contributed by atoms with Gasteiger partial charge in [-0.15, -0.1) is 0 Å². The fraction of sp³-hybridized carbons (Fsp3) is 0.571. The van der Waals surface area contributed by atoms with Crippen LogP contribution in [0.4, 0.5) is 5.69 Å². The zero-order valence-corrected chi connectivity index (χ0v) is 10.9. The predicted octanol–water partition coefficient (Wildman–Crippen LogP) is 2.25. The summed E-state index contributed by atoms with van der Waals surface area (Å²) in [6.07, 6.45) is 1.90. The van der Waals surface area contributed by atoms with Gasteiger partial charge in [0.05, 0.1) is 0 Å². The van der Waals surface area contributed by atoms with Crippen LogP contribution in [0.3, 0.4) is 0 Å². The summed E-state index contributed by atoms with van der Waals surface area (Å²) in [6.45, 7) is 6.55. The minimum Gasteiger partial charge on any atom is -0.398 e. The number of anilines is 1. The Morgan fingerprint density at radius 3 is 2.53 bits per heavy atom. The van der Waals surface area contributed by atoms with Crippen LogP contribution in [0.1, 0.15) is 32.3 Å². The molecule has 0 radical (unpaired) electrons. The van der Waals surface area contributed by atoms with Crippen LogP contribution in [-0.2, 0) is 6.54 Å². The lowest BCUT2D eigenvalue weighted by Gasteiger charge is -2.27. The molecule has 3 N–H and O–H groups in total. The van der Waals surface area contributed by atoms with Crippen LogP contribution in [0.25, 0.3) is 0 Å². The van der Waals surface area contributed by atoms with E-state index in [9.17, 15) is 0 Å². The van der Waals surface area contributed by atoms with Crippen LogP contribution in [0.15, 0.2) is 24.3 Å². The fourth-order valence-corrected chi connectivity index (χ4v) is 1.84. The Hall–Kier alpha value is -1.06. The van der Waals surface area contributed by atoms with Crippen molar-refractivity contribution in [3.05, 3.63) is 29.8 Å². The Labute approximate surface area is 104 Å². The summed E-state index contributed by atoms with van der Waals surface area (Å²) < 4.78 is 0. The summed E-state index contributed by atoms with van der Waals surface area (Å²) in [5.41, 5.74) is 8.00. The molecule has 0 aliphatic heterocycles. The number of nitrogens with zero attached hydrogens (tertiary/aromatic N) is 1. The maximum atomic E-state index is 8.81. The minimum atomic E-state index is 0.277. The molecule has 0 bridgehead atoms. The van der Waals surface area contributed by atoms with E-state index in [4.69, 9.17) is 10.8 Å². The van der Waals surface area contributed by atoms with Gasteiger partial charge >= 0.3 is 0 Å². The van der Waals surface area contributed by atoms with E-state index in [0.717, 1.165) is 31.6 Å². The number of aliphatic hydroxyl groups excluding tert-OH is 1. The van der Waals surface area contributed by atoms with Gasteiger partial charge in [0.15, 0.2) is 0 Å². The molecule has 0 amide bonds. The Balaban J connectivity index is 2.57. The van der Waals surface area contributed by atoms with Gasteiger partial charge in [-0.1, -0.05) is 18.2 Å². The molecule has 0 aromatic heterocycles. The summed E-state index contributed by atoms with van der Waals surface area (Å²) >= 11 is 0. The molecule has 1 rings (SSSR count). The molecule has 0 saturated heterocycles. The fourth-order valence-electron chi connectivity index (χ4n) is 1.84. The van der Waals surface area contributed by atoms with Gasteiger partial charge in [-0.2, -0.15) is 0 Å². The first-order valence-electron chi connectivity index (χ1n) is 6.33. The van der Waals surface area contributed by atoms with Gasteiger partial charge < -0.3 is 10.8 Å². The molecule has 0 unspecified atom stereocenters. The van der Waals surface area contributed by atoms with Gasteiger partial charge in [-0.3, -0.25) is 4.90 Å². The summed E-state index contributed by atoms with van der Waals surface area (Å²) in [7, 11) is 0. The smallest absolute Gasteiger partial charge is 0.0431 e. The highest BCUT2D eigenvalue weighted by Crippen LogP contribution is 2.15. The van der Waals surface area contributed by atoms with E-state index in [0.29, 0.717) is 6.04 Å². The van der Waals surface area contributed by atoms with Crippen molar-refractivity contribution in [2.24, 2.45) is 0 Å². The predicted molar refractivity (Wildman–Crippen MR) is 72.7 cm³/mol. The van der Waals surface area contributed by atoms with Crippen molar-refractivity contribution in [1.82, 2.24) is 4.90 Å². The molecular weight excluding hydrogens is 212 g/mol. The summed E-state index contributed by atoms with van der Waals surface area (Å²) in [4.78, 5) is 2.39. The maximum absolute atomic E-state index is 8.81. The molecule has 0 atom stereocenters. The van der Waals surface area contributed by atoms with Gasteiger partial charge in [0.1, 0.15) is 0 Å². The van der Waals surface area contributed by atoms with Crippen molar-refractivity contribution < 1.29 is 5.11 Å². The van der Waals surface area contributed by atoms with Crippen LogP contribution >= 0.6 is 0 Å². The number of hydrogen-bond acceptors (Lipinski definition) is 3. The summed E-state index contributed by atoms with van der Waals surface area (Å²) in [6, 6.07) is 8.51. The zero-order valence-electron chi connectivity index (χ0n) is 10.9. The number of nitrogen functional groups attached to an aromatic ring is 1. The van der Waals surface area contributed by atoms with Gasteiger partial charge in [0.2, 0.25) is 0 Å². The van der Waals surface area contributed by atoms with Gasteiger partial charge in [0, 0.05) is 24.9 Å². The summed E-state index contributed by atoms with van der Waals surface area (Å²) in [5, 5.41) is 8.81. The van der Waals surface area contributed by atoms with E-state index in [1.165, 1.54) is 5.56 Å². The lowest BCUT2D eigenvalue weighted by atomic mass is 10.1. The first-order valence-corrected chi connectivity index (χ1v) is 6.33. The molecule has 0 spiro atoms. The molecule has 0 fully saturated rings. The quantitative estimate of drug-likeness (QED) is 0.564. The van der Waals surface area contributed by atoms with Crippen LogP contribution in [0.5, 0.6) is 0 Å². The van der Waals surface area contributed by atoms with Crippen molar-refractivity contribution in [1.29, 1.82) is 0 Å². The van der Waals surface area contributed by atoms with E-state index in [1.807, 2.05) is 18.2 Å². The Kier molecular flexibility index (Phi) is 6.01. The Bertz CT molecular complexity index is 326. The second kappa shape index (κ2) is 7.30. The number of benzene rings is 1. The van der Waals surface area contributed by atoms with Crippen molar-refractivity contribution in [3.8, 4) is 0 Å². The number of aliphatic hydroxyl groups is 1. The van der Waals surface area contributed by atoms with Crippen LogP contribution in [-0.4, -0.2) is 29.2 Å². The lowest BCUT2D eigenvalue weighted by molar-refractivity contribution is 0.198. The third-order valence-electron chi connectivity index (χ3n) is 3.01. The molecule has 0 heterocycles. The Morgan fingerprint density at radius 2 is 1.94 bits per heavy atom. The van der Waals surface area contributed by atoms with Gasteiger partial charge in [-0.05, 0) is 44.9 Å². The monoisotopic (exact) mass is 236 g/mol. The third kappa shape index (κ3) is 4.75.